The molecule has 2 fully saturated rings. The quantitative estimate of drug-likeness (QED) is 0.334. The number of epoxide rings is 1. The number of hydrogen-bond acceptors (Lipinski definition) is 6. The predicted octanol–water partition coefficient (Wildman–Crippen LogP) is 3.68. The highest BCUT2D eigenvalue weighted by Gasteiger charge is 2.61. The summed E-state index contributed by atoms with van der Waals surface area (Å²) in [5, 5.41) is 2.77. The summed E-state index contributed by atoms with van der Waals surface area (Å²) in [7, 11) is 1.61. The van der Waals surface area contributed by atoms with Crippen LogP contribution in [0.4, 0.5) is 4.79 Å². The Morgan fingerprint density at radius 3 is 2.84 bits per heavy atom. The predicted molar refractivity (Wildman–Crippen MR) is 114 cm³/mol. The molecule has 31 heavy (non-hydrogen) atoms. The van der Waals surface area contributed by atoms with E-state index in [1.165, 1.54) is 0 Å². The van der Waals surface area contributed by atoms with Crippen LogP contribution in [0.15, 0.2) is 48.1 Å². The van der Waals surface area contributed by atoms with Crippen molar-refractivity contribution in [3.05, 3.63) is 53.6 Å². The molecule has 7 heteroatoms. The summed E-state index contributed by atoms with van der Waals surface area (Å²) in [6.07, 6.45) is 4.42. The first-order valence-electron chi connectivity index (χ1n) is 10.7. The number of esters is 1. The topological polar surface area (TPSA) is 86.4 Å². The molecule has 0 bridgehead atoms. The number of fused-ring (bicyclic) bond motifs is 3. The van der Waals surface area contributed by atoms with E-state index in [0.29, 0.717) is 25.0 Å². The summed E-state index contributed by atoms with van der Waals surface area (Å²) >= 11 is 0. The van der Waals surface area contributed by atoms with E-state index in [9.17, 15) is 9.59 Å². The van der Waals surface area contributed by atoms with Gasteiger partial charge in [0.05, 0.1) is 12.7 Å². The third-order valence-electron chi connectivity index (χ3n) is 6.42. The number of alkyl carbamates (subject to hydrolysis) is 1. The molecule has 2 heterocycles. The van der Waals surface area contributed by atoms with Gasteiger partial charge in [-0.15, -0.1) is 0 Å². The zero-order chi connectivity index (χ0) is 22.0. The largest absolute Gasteiger partial charge is 0.497 e. The average Bonchev–Trinajstić information content (AvgIpc) is 3.36. The second-order valence-corrected chi connectivity index (χ2v) is 8.57. The molecule has 1 aromatic carbocycles. The molecule has 0 spiro atoms. The fourth-order valence-electron chi connectivity index (χ4n) is 4.38. The van der Waals surface area contributed by atoms with Crippen molar-refractivity contribution in [2.45, 2.75) is 57.0 Å². The van der Waals surface area contributed by atoms with Crippen molar-refractivity contribution in [1.82, 2.24) is 5.32 Å². The fourth-order valence-corrected chi connectivity index (χ4v) is 4.38. The van der Waals surface area contributed by atoms with Crippen LogP contribution in [0.1, 0.15) is 38.2 Å². The number of nitrogens with one attached hydrogen (secondary N) is 1. The van der Waals surface area contributed by atoms with Gasteiger partial charge in [0.2, 0.25) is 0 Å². The van der Waals surface area contributed by atoms with E-state index in [0.717, 1.165) is 29.7 Å². The van der Waals surface area contributed by atoms with Crippen LogP contribution >= 0.6 is 0 Å². The Morgan fingerprint density at radius 2 is 2.10 bits per heavy atom. The number of hydrogen-bond donors (Lipinski definition) is 1. The van der Waals surface area contributed by atoms with Gasteiger partial charge in [0.15, 0.2) is 0 Å². The monoisotopic (exact) mass is 427 g/mol. The lowest BCUT2D eigenvalue weighted by molar-refractivity contribution is -0.140. The van der Waals surface area contributed by atoms with Gasteiger partial charge in [0.25, 0.3) is 0 Å². The number of allylic oxidation sites excluding steroid dienone is 1. The number of carbonyl (C=O) groups is 2. The smallest absolute Gasteiger partial charge is 0.407 e. The Kier molecular flexibility index (Phi) is 6.05. The van der Waals surface area contributed by atoms with Crippen molar-refractivity contribution in [2.75, 3.05) is 13.7 Å². The molecule has 4 rings (SSSR count). The average molecular weight is 427 g/mol. The van der Waals surface area contributed by atoms with E-state index < -0.39 is 6.09 Å². The second-order valence-electron chi connectivity index (χ2n) is 8.57. The molecule has 1 aliphatic carbocycles. The normalized spacial score (nSPS) is 31.4. The maximum atomic E-state index is 12.2. The number of rotatable bonds is 5. The maximum absolute atomic E-state index is 12.2. The Balaban J connectivity index is 1.31. The minimum Gasteiger partial charge on any atom is -0.497 e. The van der Waals surface area contributed by atoms with Crippen LogP contribution in [0.2, 0.25) is 0 Å². The molecule has 0 saturated carbocycles. The van der Waals surface area contributed by atoms with Crippen molar-refractivity contribution in [1.29, 1.82) is 0 Å². The van der Waals surface area contributed by atoms with Crippen LogP contribution in [0.5, 0.6) is 5.75 Å². The van der Waals surface area contributed by atoms with Gasteiger partial charge < -0.3 is 24.3 Å². The van der Waals surface area contributed by atoms with Crippen LogP contribution < -0.4 is 10.1 Å². The number of ether oxygens (including phenoxy) is 4. The lowest BCUT2D eigenvalue weighted by Crippen LogP contribution is -2.29. The van der Waals surface area contributed by atoms with Crippen LogP contribution in [-0.2, 0) is 25.5 Å². The highest BCUT2D eigenvalue weighted by Crippen LogP contribution is 2.49. The van der Waals surface area contributed by atoms with Gasteiger partial charge in [-0.05, 0) is 55.9 Å². The molecule has 1 amide bonds. The number of benzene rings is 1. The number of amides is 1. The Labute approximate surface area is 182 Å². The van der Waals surface area contributed by atoms with E-state index in [-0.39, 0.29) is 36.3 Å². The SMILES string of the molecule is C=C1C(=O)O[C@H]2[C@H]1CC/C(COC(=O)NCc1ccc(OC)cc1)=C\CC[C@@]1(C)O[C@@H]21. The van der Waals surface area contributed by atoms with Crippen molar-refractivity contribution in [3.63, 3.8) is 0 Å². The molecule has 0 aromatic heterocycles. The summed E-state index contributed by atoms with van der Waals surface area (Å²) in [5.41, 5.74) is 2.23. The highest BCUT2D eigenvalue weighted by atomic mass is 16.6. The minimum atomic E-state index is -0.465. The van der Waals surface area contributed by atoms with E-state index in [4.69, 9.17) is 18.9 Å². The van der Waals surface area contributed by atoms with Crippen LogP contribution in [0.3, 0.4) is 0 Å². The highest BCUT2D eigenvalue weighted by molar-refractivity contribution is 5.91. The van der Waals surface area contributed by atoms with E-state index in [1.54, 1.807) is 7.11 Å². The summed E-state index contributed by atoms with van der Waals surface area (Å²) in [5.74, 6) is 0.377. The third kappa shape index (κ3) is 4.77. The van der Waals surface area contributed by atoms with Gasteiger partial charge in [-0.1, -0.05) is 24.8 Å². The van der Waals surface area contributed by atoms with Crippen molar-refractivity contribution < 1.29 is 28.5 Å². The summed E-state index contributed by atoms with van der Waals surface area (Å²) < 4.78 is 22.1. The van der Waals surface area contributed by atoms with E-state index >= 15 is 0 Å². The van der Waals surface area contributed by atoms with Gasteiger partial charge >= 0.3 is 12.1 Å². The molecule has 0 unspecified atom stereocenters. The first-order chi connectivity index (χ1) is 14.9. The molecule has 2 aliphatic heterocycles. The zero-order valence-electron chi connectivity index (χ0n) is 18.0. The molecule has 2 saturated heterocycles. The van der Waals surface area contributed by atoms with Crippen molar-refractivity contribution in [2.24, 2.45) is 5.92 Å². The molecule has 0 radical (unpaired) electrons. The van der Waals surface area contributed by atoms with Crippen LogP contribution in [0.25, 0.3) is 0 Å². The minimum absolute atomic E-state index is 0.0596. The molecular formula is C24H29NO6. The first kappa shape index (κ1) is 21.4. The second kappa shape index (κ2) is 8.75. The Hall–Kier alpha value is -2.80. The van der Waals surface area contributed by atoms with Crippen LogP contribution in [0, 0.1) is 5.92 Å². The molecule has 4 atom stereocenters. The Bertz CT molecular complexity index is 892. The molecule has 7 nitrogen and oxygen atoms in total. The van der Waals surface area contributed by atoms with Gasteiger partial charge in [-0.25, -0.2) is 9.59 Å². The molecule has 3 aliphatic rings. The number of carbonyl (C=O) groups excluding carboxylic acids is 2. The van der Waals surface area contributed by atoms with E-state index in [1.807, 2.05) is 24.3 Å². The summed E-state index contributed by atoms with van der Waals surface area (Å²) in [6.45, 7) is 6.58. The number of methoxy groups -OCH3 is 1. The fraction of sp³-hybridized carbons (Fsp3) is 0.500. The molecule has 166 valence electrons. The third-order valence-corrected chi connectivity index (χ3v) is 6.42. The summed E-state index contributed by atoms with van der Waals surface area (Å²) in [6, 6.07) is 7.48. The molecule has 1 aromatic rings. The van der Waals surface area contributed by atoms with Gasteiger partial charge in [-0.2, -0.15) is 0 Å². The first-order valence-corrected chi connectivity index (χ1v) is 10.7. The Morgan fingerprint density at radius 1 is 1.32 bits per heavy atom. The van der Waals surface area contributed by atoms with Gasteiger partial charge in [0.1, 0.15) is 24.6 Å². The standard InChI is InChI=1S/C24H29NO6/c1-15-19-11-8-17(5-4-12-24(2)21(31-24)20(19)30-22(15)26)14-29-23(27)25-13-16-6-9-18(28-3)10-7-16/h5-7,9-10,19-21H,1,4,8,11-14H2,2-3H3,(H,25,27)/b17-5+/t19-,20-,21-,24+/m0/s1. The molecular weight excluding hydrogens is 398 g/mol. The van der Waals surface area contributed by atoms with Crippen molar-refractivity contribution >= 4 is 12.1 Å². The van der Waals surface area contributed by atoms with Crippen molar-refractivity contribution in [3.8, 4) is 5.75 Å². The van der Waals surface area contributed by atoms with Gasteiger partial charge in [0, 0.05) is 18.0 Å². The lowest BCUT2D eigenvalue weighted by Gasteiger charge is -2.20. The molecule has 1 N–H and O–H groups in total. The van der Waals surface area contributed by atoms with E-state index in [2.05, 4.69) is 24.9 Å². The lowest BCUT2D eigenvalue weighted by atomic mass is 9.84. The zero-order valence-corrected chi connectivity index (χ0v) is 18.0. The maximum Gasteiger partial charge on any atom is 0.407 e. The summed E-state index contributed by atoms with van der Waals surface area (Å²) in [4.78, 5) is 24.2. The van der Waals surface area contributed by atoms with Crippen LogP contribution in [-0.4, -0.2) is 43.6 Å². The van der Waals surface area contributed by atoms with Gasteiger partial charge in [-0.3, -0.25) is 0 Å².